The van der Waals surface area contributed by atoms with Gasteiger partial charge in [-0.3, -0.25) is 0 Å². The monoisotopic (exact) mass is 301 g/mol. The van der Waals surface area contributed by atoms with Crippen LogP contribution in [0.3, 0.4) is 0 Å². The van der Waals surface area contributed by atoms with Crippen molar-refractivity contribution in [1.29, 1.82) is 0 Å². The average molecular weight is 301 g/mol. The number of halogens is 3. The van der Waals surface area contributed by atoms with Gasteiger partial charge in [-0.25, -0.2) is 4.98 Å². The maximum absolute atomic E-state index is 13.0. The molecule has 0 saturated heterocycles. The second-order valence-electron chi connectivity index (χ2n) is 4.97. The molecule has 0 bridgehead atoms. The third-order valence-corrected chi connectivity index (χ3v) is 3.67. The van der Waals surface area contributed by atoms with Crippen molar-refractivity contribution in [3.8, 4) is 0 Å². The van der Waals surface area contributed by atoms with Gasteiger partial charge in [0.25, 0.3) is 5.78 Å². The third kappa shape index (κ3) is 2.53. The summed E-state index contributed by atoms with van der Waals surface area (Å²) in [5.41, 5.74) is -1.000. The van der Waals surface area contributed by atoms with Crippen molar-refractivity contribution >= 4 is 11.6 Å². The lowest BCUT2D eigenvalue weighted by Crippen LogP contribution is -2.43. The molecular formula is C12H14F3N5O. The summed E-state index contributed by atoms with van der Waals surface area (Å²) in [7, 11) is 0. The van der Waals surface area contributed by atoms with Gasteiger partial charge in [-0.15, -0.1) is 0 Å². The molecule has 1 aliphatic carbocycles. The number of aliphatic hydroxyl groups excluding tert-OH is 1. The number of nitrogens with zero attached hydrogens (tertiary/aromatic N) is 5. The van der Waals surface area contributed by atoms with Crippen LogP contribution in [0.25, 0.3) is 5.78 Å². The predicted molar refractivity (Wildman–Crippen MR) is 67.9 cm³/mol. The molecule has 1 N–H and O–H groups in total. The molecule has 6 nitrogen and oxygen atoms in total. The van der Waals surface area contributed by atoms with Crippen LogP contribution in [0.2, 0.25) is 0 Å². The van der Waals surface area contributed by atoms with Crippen LogP contribution in [0.5, 0.6) is 0 Å². The van der Waals surface area contributed by atoms with Crippen molar-refractivity contribution in [3.63, 3.8) is 0 Å². The van der Waals surface area contributed by atoms with E-state index in [0.717, 1.165) is 25.3 Å². The Morgan fingerprint density at radius 2 is 2.14 bits per heavy atom. The van der Waals surface area contributed by atoms with Crippen molar-refractivity contribution in [2.24, 2.45) is 0 Å². The number of aliphatic hydroxyl groups is 1. The van der Waals surface area contributed by atoms with Gasteiger partial charge in [-0.2, -0.15) is 27.8 Å². The highest BCUT2D eigenvalue weighted by Crippen LogP contribution is 2.33. The molecule has 2 heterocycles. The van der Waals surface area contributed by atoms with E-state index in [1.807, 2.05) is 0 Å². The van der Waals surface area contributed by atoms with E-state index in [1.165, 1.54) is 10.8 Å². The molecule has 1 aliphatic rings. The summed E-state index contributed by atoms with van der Waals surface area (Å²) in [6.07, 6.45) is -0.569. The van der Waals surface area contributed by atoms with Crippen molar-refractivity contribution in [1.82, 2.24) is 19.6 Å². The third-order valence-electron chi connectivity index (χ3n) is 3.67. The molecule has 0 amide bonds. The summed E-state index contributed by atoms with van der Waals surface area (Å²) in [5, 5.41) is 13.1. The van der Waals surface area contributed by atoms with E-state index < -0.39 is 11.9 Å². The minimum absolute atomic E-state index is 0.0953. The van der Waals surface area contributed by atoms with E-state index in [2.05, 4.69) is 15.1 Å². The highest BCUT2D eigenvalue weighted by atomic mass is 19.4. The Labute approximate surface area is 118 Å². The Bertz CT molecular complexity index is 637. The van der Waals surface area contributed by atoms with E-state index >= 15 is 0 Å². The lowest BCUT2D eigenvalue weighted by molar-refractivity contribution is -0.141. The van der Waals surface area contributed by atoms with Crippen LogP contribution in [-0.2, 0) is 6.18 Å². The van der Waals surface area contributed by atoms with Crippen molar-refractivity contribution < 1.29 is 18.3 Å². The second kappa shape index (κ2) is 5.14. The van der Waals surface area contributed by atoms with Gasteiger partial charge < -0.3 is 10.0 Å². The van der Waals surface area contributed by atoms with Crippen LogP contribution in [0.15, 0.2) is 12.4 Å². The van der Waals surface area contributed by atoms with Gasteiger partial charge in [-0.05, 0) is 19.3 Å². The smallest absolute Gasteiger partial charge is 0.395 e. The predicted octanol–water partition coefficient (Wildman–Crippen LogP) is 1.49. The fourth-order valence-electron chi connectivity index (χ4n) is 2.44. The maximum Gasteiger partial charge on any atom is 0.433 e. The molecule has 114 valence electrons. The van der Waals surface area contributed by atoms with Gasteiger partial charge in [0.05, 0.1) is 6.61 Å². The number of hydrogen-bond acceptors (Lipinski definition) is 5. The zero-order valence-electron chi connectivity index (χ0n) is 11.1. The topological polar surface area (TPSA) is 66.5 Å². The Kier molecular flexibility index (Phi) is 3.44. The summed E-state index contributed by atoms with van der Waals surface area (Å²) >= 11 is 0. The minimum Gasteiger partial charge on any atom is -0.395 e. The van der Waals surface area contributed by atoms with E-state index in [0.29, 0.717) is 0 Å². The number of hydrogen-bond donors (Lipinski definition) is 1. The maximum atomic E-state index is 13.0. The van der Waals surface area contributed by atoms with Crippen LogP contribution in [0.4, 0.5) is 19.0 Å². The first kappa shape index (κ1) is 14.1. The first-order chi connectivity index (χ1) is 10.0. The molecule has 1 saturated carbocycles. The Balaban J connectivity index is 2.11. The molecule has 0 aliphatic heterocycles. The summed E-state index contributed by atoms with van der Waals surface area (Å²) in [6.45, 7) is 0.108. The fourth-order valence-corrected chi connectivity index (χ4v) is 2.44. The number of anilines is 1. The van der Waals surface area contributed by atoms with Crippen LogP contribution in [-0.4, -0.2) is 43.9 Å². The van der Waals surface area contributed by atoms with Gasteiger partial charge in [-0.1, -0.05) is 0 Å². The Hall–Kier alpha value is -1.90. The van der Waals surface area contributed by atoms with Gasteiger partial charge in [0.1, 0.15) is 12.1 Å². The molecule has 0 spiro atoms. The standard InChI is InChI=1S/C12H14F3N5O/c13-12(14,15)9-6-10(20-11(18-9)16-7-17-20)19(4-5-21)8-2-1-3-8/h6-8,21H,1-5H2. The lowest BCUT2D eigenvalue weighted by atomic mass is 9.91. The van der Waals surface area contributed by atoms with Gasteiger partial charge >= 0.3 is 6.18 Å². The molecule has 2 aromatic heterocycles. The largest absolute Gasteiger partial charge is 0.433 e. The minimum atomic E-state index is -4.55. The zero-order valence-corrected chi connectivity index (χ0v) is 11.1. The Morgan fingerprint density at radius 1 is 1.38 bits per heavy atom. The lowest BCUT2D eigenvalue weighted by Gasteiger charge is -2.38. The normalized spacial score (nSPS) is 16.2. The molecule has 0 atom stereocenters. The summed E-state index contributed by atoms with van der Waals surface area (Å²) in [4.78, 5) is 8.99. The summed E-state index contributed by atoms with van der Waals surface area (Å²) in [6, 6.07) is 1.09. The number of fused-ring (bicyclic) bond motifs is 1. The van der Waals surface area contributed by atoms with Crippen molar-refractivity contribution in [2.75, 3.05) is 18.1 Å². The molecule has 2 aromatic rings. The zero-order chi connectivity index (χ0) is 15.0. The molecule has 0 unspecified atom stereocenters. The van der Waals surface area contributed by atoms with Crippen LogP contribution in [0, 0.1) is 0 Å². The van der Waals surface area contributed by atoms with Gasteiger partial charge in [0.15, 0.2) is 5.69 Å². The van der Waals surface area contributed by atoms with Crippen LogP contribution >= 0.6 is 0 Å². The van der Waals surface area contributed by atoms with Gasteiger partial charge in [0.2, 0.25) is 0 Å². The molecule has 3 rings (SSSR count). The molecule has 0 radical (unpaired) electrons. The quantitative estimate of drug-likeness (QED) is 0.927. The van der Waals surface area contributed by atoms with Gasteiger partial charge in [0, 0.05) is 18.7 Å². The van der Waals surface area contributed by atoms with Crippen molar-refractivity contribution in [2.45, 2.75) is 31.5 Å². The number of alkyl halides is 3. The number of rotatable bonds is 4. The highest BCUT2D eigenvalue weighted by Gasteiger charge is 2.35. The van der Waals surface area contributed by atoms with E-state index in [1.54, 1.807) is 4.90 Å². The van der Waals surface area contributed by atoms with E-state index in [4.69, 9.17) is 0 Å². The molecule has 1 fully saturated rings. The summed E-state index contributed by atoms with van der Waals surface area (Å²) < 4.78 is 40.2. The summed E-state index contributed by atoms with van der Waals surface area (Å²) in [5.74, 6) is 0.172. The molecule has 9 heteroatoms. The first-order valence-electron chi connectivity index (χ1n) is 6.66. The second-order valence-corrected chi connectivity index (χ2v) is 4.97. The van der Waals surface area contributed by atoms with E-state index in [-0.39, 0.29) is 30.8 Å². The SMILES string of the molecule is OCCN(c1cc(C(F)(F)F)nc2ncnn12)C1CCC1. The molecular weight excluding hydrogens is 287 g/mol. The average Bonchev–Trinajstić information content (AvgIpc) is 2.82. The van der Waals surface area contributed by atoms with Crippen LogP contribution < -0.4 is 4.90 Å². The fraction of sp³-hybridized carbons (Fsp3) is 0.583. The Morgan fingerprint density at radius 3 is 2.71 bits per heavy atom. The molecule has 21 heavy (non-hydrogen) atoms. The molecule has 0 aromatic carbocycles. The highest BCUT2D eigenvalue weighted by molar-refractivity contribution is 5.49. The van der Waals surface area contributed by atoms with E-state index in [9.17, 15) is 18.3 Å². The van der Waals surface area contributed by atoms with Crippen molar-refractivity contribution in [3.05, 3.63) is 18.1 Å². The van der Waals surface area contributed by atoms with Crippen LogP contribution in [0.1, 0.15) is 25.0 Å². The first-order valence-corrected chi connectivity index (χ1v) is 6.66. The number of aromatic nitrogens is 4.